The Morgan fingerprint density at radius 1 is 1.48 bits per heavy atom. The van der Waals surface area contributed by atoms with Gasteiger partial charge in [-0.1, -0.05) is 0 Å². The Kier molecular flexibility index (Phi) is 5.99. The molecular formula is C12H13N3O6. The van der Waals surface area contributed by atoms with Gasteiger partial charge in [0.1, 0.15) is 11.8 Å². The summed E-state index contributed by atoms with van der Waals surface area (Å²) < 4.78 is 4.83. The molecule has 9 nitrogen and oxygen atoms in total. The maximum absolute atomic E-state index is 11.7. The summed E-state index contributed by atoms with van der Waals surface area (Å²) in [6, 6.07) is 1.47. The number of nitrogens with zero attached hydrogens (tertiary/aromatic N) is 2. The highest BCUT2D eigenvalue weighted by atomic mass is 16.4. The van der Waals surface area contributed by atoms with Crippen LogP contribution >= 0.6 is 0 Å². The minimum Gasteiger partial charge on any atom is -0.480 e. The van der Waals surface area contributed by atoms with Crippen molar-refractivity contribution in [3.05, 3.63) is 29.7 Å². The molecule has 21 heavy (non-hydrogen) atoms. The number of hydrogen-bond acceptors (Lipinski definition) is 5. The van der Waals surface area contributed by atoms with E-state index in [1.54, 1.807) is 0 Å². The highest BCUT2D eigenvalue weighted by Gasteiger charge is 2.26. The standard InChI is InChI=1S/C12H13N3O6/c13-14-6-7(16)3-4-8(12(19)20)15-11(18)10(17)9-2-1-5-21-9/h1-2,5-6,8,10,17H,3-4H2,(H,15,18)(H,19,20)/t8-,10+/m0/s1. The van der Waals surface area contributed by atoms with Crippen LogP contribution in [0.3, 0.4) is 0 Å². The van der Waals surface area contributed by atoms with E-state index in [0.717, 1.165) is 0 Å². The number of aliphatic hydroxyl groups is 1. The average molecular weight is 295 g/mol. The molecule has 0 unspecified atom stereocenters. The molecule has 3 N–H and O–H groups in total. The number of ketones is 1. The zero-order chi connectivity index (χ0) is 15.8. The molecule has 0 saturated carbocycles. The second-order valence-electron chi connectivity index (χ2n) is 4.07. The van der Waals surface area contributed by atoms with Gasteiger partial charge in [-0.25, -0.2) is 4.79 Å². The first-order valence-corrected chi connectivity index (χ1v) is 5.90. The molecule has 0 saturated heterocycles. The lowest BCUT2D eigenvalue weighted by atomic mass is 10.1. The van der Waals surface area contributed by atoms with Gasteiger partial charge in [0.2, 0.25) is 5.78 Å². The first kappa shape index (κ1) is 16.3. The van der Waals surface area contributed by atoms with Crippen LogP contribution in [0.5, 0.6) is 0 Å². The summed E-state index contributed by atoms with van der Waals surface area (Å²) in [5.41, 5.74) is 8.15. The Hall–Kier alpha value is -2.77. The van der Waals surface area contributed by atoms with Gasteiger partial charge in [0.05, 0.1) is 6.26 Å². The van der Waals surface area contributed by atoms with Crippen molar-refractivity contribution in [2.75, 3.05) is 0 Å². The predicted octanol–water partition coefficient (Wildman–Crippen LogP) is -0.468. The summed E-state index contributed by atoms with van der Waals surface area (Å²) in [5, 5.41) is 20.7. The summed E-state index contributed by atoms with van der Waals surface area (Å²) in [6.45, 7) is 0. The van der Waals surface area contributed by atoms with Crippen LogP contribution in [0.25, 0.3) is 5.53 Å². The normalized spacial score (nSPS) is 12.8. The monoisotopic (exact) mass is 295 g/mol. The first-order chi connectivity index (χ1) is 9.95. The van der Waals surface area contributed by atoms with Crippen LogP contribution in [0.1, 0.15) is 24.7 Å². The Labute approximate surface area is 118 Å². The third kappa shape index (κ3) is 5.01. The van der Waals surface area contributed by atoms with Gasteiger partial charge in [0.25, 0.3) is 5.91 Å². The van der Waals surface area contributed by atoms with Crippen molar-refractivity contribution in [1.82, 2.24) is 5.32 Å². The van der Waals surface area contributed by atoms with E-state index in [0.29, 0.717) is 6.21 Å². The Balaban J connectivity index is 2.61. The maximum atomic E-state index is 11.7. The van der Waals surface area contributed by atoms with Crippen molar-refractivity contribution < 1.29 is 33.8 Å². The van der Waals surface area contributed by atoms with Crippen molar-refractivity contribution in [2.45, 2.75) is 25.0 Å². The number of rotatable bonds is 8. The predicted molar refractivity (Wildman–Crippen MR) is 67.2 cm³/mol. The van der Waals surface area contributed by atoms with Crippen LogP contribution in [0.4, 0.5) is 0 Å². The summed E-state index contributed by atoms with van der Waals surface area (Å²) in [6.07, 6.45) is -0.197. The van der Waals surface area contributed by atoms with Crippen LogP contribution in [0, 0.1) is 0 Å². The van der Waals surface area contributed by atoms with Crippen LogP contribution in [0.2, 0.25) is 0 Å². The van der Waals surface area contributed by atoms with Gasteiger partial charge in [-0.15, -0.1) is 0 Å². The number of carbonyl (C=O) groups is 3. The zero-order valence-corrected chi connectivity index (χ0v) is 10.8. The lowest BCUT2D eigenvalue weighted by molar-refractivity contribution is -0.144. The minimum absolute atomic E-state index is 0.0277. The van der Waals surface area contributed by atoms with Crippen LogP contribution in [-0.4, -0.2) is 44.9 Å². The Morgan fingerprint density at radius 3 is 2.71 bits per heavy atom. The fraction of sp³-hybridized carbons (Fsp3) is 0.333. The van der Waals surface area contributed by atoms with E-state index in [2.05, 4.69) is 10.1 Å². The zero-order valence-electron chi connectivity index (χ0n) is 10.8. The SMILES string of the molecule is [N-]=[N+]=CC(=O)CC[C@H](NC(=O)[C@H](O)c1ccco1)C(=O)O. The van der Waals surface area contributed by atoms with Gasteiger partial charge in [-0.3, -0.25) is 9.59 Å². The molecule has 0 spiro atoms. The third-order valence-corrected chi connectivity index (χ3v) is 2.56. The van der Waals surface area contributed by atoms with E-state index in [1.807, 2.05) is 0 Å². The lowest BCUT2D eigenvalue weighted by Gasteiger charge is -2.15. The number of Topliss-reactive ketones (excluding diaryl/α,β-unsaturated/α-hetero) is 1. The molecule has 112 valence electrons. The molecule has 0 aliphatic carbocycles. The Morgan fingerprint density at radius 2 is 2.19 bits per heavy atom. The van der Waals surface area contributed by atoms with Gasteiger partial charge in [-0.2, -0.15) is 4.79 Å². The molecule has 0 aliphatic rings. The van der Waals surface area contributed by atoms with Crippen LogP contribution in [-0.2, 0) is 14.4 Å². The topological polar surface area (TPSA) is 153 Å². The molecule has 0 radical (unpaired) electrons. The number of amides is 1. The smallest absolute Gasteiger partial charge is 0.326 e. The number of carboxylic acid groups (broad SMARTS) is 1. The minimum atomic E-state index is -1.64. The van der Waals surface area contributed by atoms with E-state index < -0.39 is 29.8 Å². The van der Waals surface area contributed by atoms with Gasteiger partial charge in [0, 0.05) is 6.42 Å². The van der Waals surface area contributed by atoms with Gasteiger partial charge in [-0.05, 0) is 18.6 Å². The number of furan rings is 1. The molecule has 0 aliphatic heterocycles. The molecule has 9 heteroatoms. The van der Waals surface area contributed by atoms with E-state index >= 15 is 0 Å². The molecule has 2 atom stereocenters. The van der Waals surface area contributed by atoms with E-state index in [1.165, 1.54) is 18.4 Å². The van der Waals surface area contributed by atoms with E-state index in [4.69, 9.17) is 15.1 Å². The number of carbonyl (C=O) groups excluding carboxylic acids is 2. The fourth-order valence-corrected chi connectivity index (χ4v) is 1.50. The molecule has 0 aromatic carbocycles. The van der Waals surface area contributed by atoms with Crippen molar-refractivity contribution in [1.29, 1.82) is 0 Å². The van der Waals surface area contributed by atoms with Crippen molar-refractivity contribution >= 4 is 23.9 Å². The highest BCUT2D eigenvalue weighted by Crippen LogP contribution is 2.13. The molecule has 0 bridgehead atoms. The summed E-state index contributed by atoms with van der Waals surface area (Å²) in [4.78, 5) is 36.3. The summed E-state index contributed by atoms with van der Waals surface area (Å²) >= 11 is 0. The number of carboxylic acids is 1. The van der Waals surface area contributed by atoms with Crippen molar-refractivity contribution in [3.63, 3.8) is 0 Å². The fourth-order valence-electron chi connectivity index (χ4n) is 1.50. The second-order valence-corrected chi connectivity index (χ2v) is 4.07. The quantitative estimate of drug-likeness (QED) is 0.335. The number of aliphatic carboxylic acids is 1. The lowest BCUT2D eigenvalue weighted by Crippen LogP contribution is -2.43. The average Bonchev–Trinajstić information content (AvgIpc) is 2.96. The van der Waals surface area contributed by atoms with Gasteiger partial charge in [0.15, 0.2) is 6.10 Å². The highest BCUT2D eigenvalue weighted by molar-refractivity contribution is 6.25. The van der Waals surface area contributed by atoms with Gasteiger partial charge >= 0.3 is 12.2 Å². The summed E-state index contributed by atoms with van der Waals surface area (Å²) in [5.74, 6) is -2.94. The number of nitrogens with one attached hydrogen (secondary N) is 1. The molecular weight excluding hydrogens is 282 g/mol. The second kappa shape index (κ2) is 7.73. The molecule has 0 fully saturated rings. The molecule has 1 heterocycles. The Bertz CT molecular complexity index is 562. The van der Waals surface area contributed by atoms with Crippen molar-refractivity contribution in [3.8, 4) is 0 Å². The number of aliphatic hydroxyl groups excluding tert-OH is 1. The van der Waals surface area contributed by atoms with Crippen molar-refractivity contribution in [2.24, 2.45) is 0 Å². The molecule has 1 aromatic rings. The van der Waals surface area contributed by atoms with Gasteiger partial charge < -0.3 is 25.5 Å². The molecule has 1 aromatic heterocycles. The van der Waals surface area contributed by atoms with Crippen LogP contribution in [0.15, 0.2) is 22.8 Å². The third-order valence-electron chi connectivity index (χ3n) is 2.56. The van der Waals surface area contributed by atoms with Crippen LogP contribution < -0.4 is 5.32 Å². The first-order valence-electron chi connectivity index (χ1n) is 5.90. The number of hydrogen-bond donors (Lipinski definition) is 3. The van der Waals surface area contributed by atoms with E-state index in [9.17, 15) is 19.5 Å². The molecule has 1 amide bonds. The molecule has 1 rings (SSSR count). The summed E-state index contributed by atoms with van der Waals surface area (Å²) in [7, 11) is 0. The maximum Gasteiger partial charge on any atom is 0.326 e. The van der Waals surface area contributed by atoms with E-state index in [-0.39, 0.29) is 18.6 Å². The largest absolute Gasteiger partial charge is 0.480 e.